The maximum atomic E-state index is 11.2. The van der Waals surface area contributed by atoms with Crippen molar-refractivity contribution in [3.8, 4) is 0 Å². The molecule has 7 N–H and O–H groups in total. The van der Waals surface area contributed by atoms with E-state index in [0.29, 0.717) is 41.4 Å². The molecule has 22 atom stereocenters. The van der Waals surface area contributed by atoms with E-state index < -0.39 is 80.4 Å². The summed E-state index contributed by atoms with van der Waals surface area (Å²) in [7, 11) is 0. The van der Waals surface area contributed by atoms with E-state index in [2.05, 4.69) is 27.7 Å². The van der Waals surface area contributed by atoms with Crippen LogP contribution in [-0.2, 0) is 28.4 Å². The molecule has 8 aliphatic rings. The Morgan fingerprint density at radius 1 is 0.673 bits per heavy atom. The van der Waals surface area contributed by atoms with E-state index in [-0.39, 0.29) is 23.0 Å². The summed E-state index contributed by atoms with van der Waals surface area (Å²) in [4.78, 5) is 0. The van der Waals surface area contributed by atoms with Crippen molar-refractivity contribution < 1.29 is 64.2 Å². The summed E-state index contributed by atoms with van der Waals surface area (Å²) in [6.45, 7) is 9.33. The molecule has 4 saturated heterocycles. The van der Waals surface area contributed by atoms with Gasteiger partial charge >= 0.3 is 0 Å². The Morgan fingerprint density at radius 2 is 1.37 bits per heavy atom. The normalized spacial score (nSPS) is 59.0. The van der Waals surface area contributed by atoms with Crippen LogP contribution in [-0.4, -0.2) is 135 Å². The van der Waals surface area contributed by atoms with Crippen LogP contribution in [0.15, 0.2) is 0 Å². The summed E-state index contributed by atoms with van der Waals surface area (Å²) >= 11 is 0. The molecule has 0 unspecified atom stereocenters. The van der Waals surface area contributed by atoms with E-state index in [1.165, 1.54) is 25.7 Å². The van der Waals surface area contributed by atoms with Crippen molar-refractivity contribution in [2.24, 2.45) is 52.3 Å². The first-order valence-electron chi connectivity index (χ1n) is 20.3. The minimum atomic E-state index is -1.71. The third-order valence-electron chi connectivity index (χ3n) is 16.2. The van der Waals surface area contributed by atoms with Gasteiger partial charge in [-0.1, -0.05) is 27.7 Å². The Hall–Kier alpha value is -0.520. The molecule has 52 heavy (non-hydrogen) atoms. The predicted molar refractivity (Wildman–Crippen MR) is 183 cm³/mol. The van der Waals surface area contributed by atoms with Gasteiger partial charge in [0.1, 0.15) is 48.8 Å². The summed E-state index contributed by atoms with van der Waals surface area (Å²) in [5.74, 6) is 3.63. The van der Waals surface area contributed by atoms with Crippen molar-refractivity contribution in [1.82, 2.24) is 0 Å². The van der Waals surface area contributed by atoms with Crippen molar-refractivity contribution in [3.63, 3.8) is 0 Å². The van der Waals surface area contributed by atoms with Gasteiger partial charge in [0.2, 0.25) is 0 Å². The lowest BCUT2D eigenvalue weighted by atomic mass is 9.44. The maximum absolute atomic E-state index is 11.2. The zero-order valence-electron chi connectivity index (χ0n) is 31.2. The van der Waals surface area contributed by atoms with Crippen molar-refractivity contribution in [2.45, 2.75) is 171 Å². The van der Waals surface area contributed by atoms with E-state index >= 15 is 0 Å². The molecule has 13 heteroatoms. The van der Waals surface area contributed by atoms with Gasteiger partial charge in [0.25, 0.3) is 0 Å². The minimum Gasteiger partial charge on any atom is -0.394 e. The van der Waals surface area contributed by atoms with Gasteiger partial charge in [-0.2, -0.15) is 0 Å². The average Bonchev–Trinajstić information content (AvgIpc) is 3.58. The minimum absolute atomic E-state index is 0.188. The molecule has 0 bridgehead atoms. The standard InChI is InChI=1S/C39H64O13/c1-18-7-12-39(47-17-18)19(2)28-25(52-39)14-24-22-6-5-20-13-21(8-10-37(20,3)23(22)9-11-38(24,28)4)48-35-33(46)31(44)34(27(16-41)50-35)51-36-32(45)30(43)29(42)26(15-40)49-36/h18-36,40-46H,5-17H2,1-4H3/t18-,19-,20+,21-,22-,23+,24+,25-,26+,27+,28-,29+,30-,31+,32+,33+,34+,35+,36-,37-,38-,39-/m1/s1. The van der Waals surface area contributed by atoms with Gasteiger partial charge in [0.15, 0.2) is 18.4 Å². The highest BCUT2D eigenvalue weighted by Crippen LogP contribution is 2.71. The van der Waals surface area contributed by atoms with Crippen LogP contribution in [0.2, 0.25) is 0 Å². The molecule has 4 saturated carbocycles. The van der Waals surface area contributed by atoms with Gasteiger partial charge in [0, 0.05) is 12.3 Å². The van der Waals surface area contributed by atoms with Crippen molar-refractivity contribution in [2.75, 3.05) is 19.8 Å². The maximum Gasteiger partial charge on any atom is 0.187 e. The van der Waals surface area contributed by atoms with Gasteiger partial charge in [0.05, 0.1) is 32.0 Å². The predicted octanol–water partition coefficient (Wildman–Crippen LogP) is 1.44. The van der Waals surface area contributed by atoms with Crippen LogP contribution in [0.4, 0.5) is 0 Å². The van der Waals surface area contributed by atoms with Gasteiger partial charge in [-0.05, 0) is 104 Å². The second kappa shape index (κ2) is 14.1. The van der Waals surface area contributed by atoms with Crippen LogP contribution in [0.3, 0.4) is 0 Å². The van der Waals surface area contributed by atoms with E-state index in [0.717, 1.165) is 45.1 Å². The molecule has 1 spiro atoms. The van der Waals surface area contributed by atoms with Crippen molar-refractivity contribution in [3.05, 3.63) is 0 Å². The molecule has 0 radical (unpaired) electrons. The molecule has 8 rings (SSSR count). The Morgan fingerprint density at radius 3 is 2.08 bits per heavy atom. The highest BCUT2D eigenvalue weighted by molar-refractivity contribution is 5.15. The van der Waals surface area contributed by atoms with Gasteiger partial charge in [-0.25, -0.2) is 0 Å². The lowest BCUT2D eigenvalue weighted by Gasteiger charge is -2.61. The molecular weight excluding hydrogens is 676 g/mol. The lowest BCUT2D eigenvalue weighted by molar-refractivity contribution is -0.364. The fourth-order valence-corrected chi connectivity index (χ4v) is 13.2. The van der Waals surface area contributed by atoms with Gasteiger partial charge in [-0.3, -0.25) is 0 Å². The summed E-state index contributed by atoms with van der Waals surface area (Å²) in [5, 5.41) is 72.8. The smallest absolute Gasteiger partial charge is 0.187 e. The molecule has 0 aromatic heterocycles. The number of fused-ring (bicyclic) bond motifs is 7. The molecule has 298 valence electrons. The van der Waals surface area contributed by atoms with Crippen LogP contribution in [0, 0.1) is 52.3 Å². The number of hydrogen-bond donors (Lipinski definition) is 7. The summed E-state index contributed by atoms with van der Waals surface area (Å²) < 4.78 is 37.0. The molecule has 4 aliphatic carbocycles. The Bertz CT molecular complexity index is 1260. The first-order chi connectivity index (χ1) is 24.7. The van der Waals surface area contributed by atoms with Crippen molar-refractivity contribution >= 4 is 0 Å². The van der Waals surface area contributed by atoms with Crippen molar-refractivity contribution in [1.29, 1.82) is 0 Å². The van der Waals surface area contributed by atoms with Crippen LogP contribution in [0.1, 0.15) is 91.9 Å². The fourth-order valence-electron chi connectivity index (χ4n) is 13.2. The zero-order chi connectivity index (χ0) is 36.9. The van der Waals surface area contributed by atoms with E-state index in [4.69, 9.17) is 28.4 Å². The number of ether oxygens (including phenoxy) is 6. The first-order valence-corrected chi connectivity index (χ1v) is 20.3. The second-order valence-electron chi connectivity index (χ2n) is 18.7. The third-order valence-corrected chi connectivity index (χ3v) is 16.2. The number of aliphatic hydroxyl groups excluding tert-OH is 7. The number of hydrogen-bond acceptors (Lipinski definition) is 13. The Kier molecular flexibility index (Phi) is 10.4. The van der Waals surface area contributed by atoms with E-state index in [9.17, 15) is 35.7 Å². The first kappa shape index (κ1) is 38.4. The Balaban J connectivity index is 0.892. The fraction of sp³-hybridized carbons (Fsp3) is 1.00. The topological polar surface area (TPSA) is 197 Å². The van der Waals surface area contributed by atoms with Crippen LogP contribution in [0.5, 0.6) is 0 Å². The highest BCUT2D eigenvalue weighted by Gasteiger charge is 2.69. The van der Waals surface area contributed by atoms with E-state index in [1.54, 1.807) is 0 Å². The van der Waals surface area contributed by atoms with Crippen LogP contribution in [0.25, 0.3) is 0 Å². The van der Waals surface area contributed by atoms with E-state index in [1.807, 2.05) is 0 Å². The number of aliphatic hydroxyl groups is 7. The SMILES string of the molecule is C[C@@H]1CC[C@@]2(OC1)O[C@@H]1C[C@H]3[C@@H]4CC[C@H]5C[C@H](O[C@H]6O[C@@H](CO)[C@H](O[C@H]7O[C@@H](CO)[C@H](O)[C@@H](O)[C@@H]7O)[C@@H](O)[C@@H]6O)CC[C@@]5(C)[C@H]4CC[C@@]3(C)[C@@H]1[C@H]2C. The van der Waals surface area contributed by atoms with Crippen LogP contribution < -0.4 is 0 Å². The quantitative estimate of drug-likeness (QED) is 0.194. The number of rotatable bonds is 6. The molecule has 0 aromatic rings. The summed E-state index contributed by atoms with van der Waals surface area (Å²) in [5.41, 5.74) is 0.468. The third kappa shape index (κ3) is 5.98. The Labute approximate surface area is 307 Å². The molecular formula is C39H64O13. The molecule has 0 amide bonds. The molecule has 13 nitrogen and oxygen atoms in total. The molecule has 0 aromatic carbocycles. The summed E-state index contributed by atoms with van der Waals surface area (Å²) in [6.07, 6.45) is -3.66. The average molecular weight is 741 g/mol. The van der Waals surface area contributed by atoms with Gasteiger partial charge < -0.3 is 64.2 Å². The second-order valence-corrected chi connectivity index (χ2v) is 18.7. The highest BCUT2D eigenvalue weighted by atomic mass is 16.7. The summed E-state index contributed by atoms with van der Waals surface area (Å²) in [6, 6.07) is 0. The molecule has 4 heterocycles. The largest absolute Gasteiger partial charge is 0.394 e. The van der Waals surface area contributed by atoms with Gasteiger partial charge in [-0.15, -0.1) is 0 Å². The monoisotopic (exact) mass is 740 g/mol. The molecule has 4 aliphatic heterocycles. The lowest BCUT2D eigenvalue weighted by Crippen LogP contribution is -2.65. The zero-order valence-corrected chi connectivity index (χ0v) is 31.2. The molecule has 8 fully saturated rings. The van der Waals surface area contributed by atoms with Crippen LogP contribution >= 0.6 is 0 Å².